The van der Waals surface area contributed by atoms with Gasteiger partial charge in [-0.05, 0) is 12.1 Å². The molecule has 0 aliphatic rings. The van der Waals surface area contributed by atoms with Gasteiger partial charge in [0.05, 0.1) is 12.2 Å². The molecular formula is C10H8F4O. The number of benzene rings is 1. The van der Waals surface area contributed by atoms with E-state index in [-0.39, 0.29) is 12.2 Å². The molecule has 82 valence electrons. The van der Waals surface area contributed by atoms with Crippen LogP contribution in [0.4, 0.5) is 17.6 Å². The van der Waals surface area contributed by atoms with Gasteiger partial charge in [-0.3, -0.25) is 0 Å². The zero-order valence-electron chi connectivity index (χ0n) is 7.55. The zero-order chi connectivity index (χ0) is 11.5. The Bertz CT molecular complexity index is 368. The highest BCUT2D eigenvalue weighted by atomic mass is 19.4. The first-order valence-corrected chi connectivity index (χ1v) is 4.09. The first-order valence-electron chi connectivity index (χ1n) is 4.09. The van der Waals surface area contributed by atoms with Crippen molar-refractivity contribution in [3.8, 4) is 0 Å². The van der Waals surface area contributed by atoms with Crippen LogP contribution < -0.4 is 0 Å². The molecule has 0 saturated carbocycles. The van der Waals surface area contributed by atoms with Crippen LogP contribution in [0.3, 0.4) is 0 Å². The van der Waals surface area contributed by atoms with Crippen LogP contribution in [-0.4, -0.2) is 11.7 Å². The fourth-order valence-corrected chi connectivity index (χ4v) is 1.02. The predicted molar refractivity (Wildman–Crippen MR) is 47.5 cm³/mol. The van der Waals surface area contributed by atoms with Gasteiger partial charge in [0, 0.05) is 5.56 Å². The van der Waals surface area contributed by atoms with Gasteiger partial charge < -0.3 is 5.11 Å². The summed E-state index contributed by atoms with van der Waals surface area (Å²) in [6, 6.07) is 2.24. The Morgan fingerprint density at radius 3 is 2.40 bits per heavy atom. The number of aliphatic hydroxyl groups is 1. The van der Waals surface area contributed by atoms with Gasteiger partial charge in [-0.1, -0.05) is 18.2 Å². The van der Waals surface area contributed by atoms with Gasteiger partial charge in [0.25, 0.3) is 0 Å². The normalized spacial score (nSPS) is 12.3. The summed E-state index contributed by atoms with van der Waals surface area (Å²) < 4.78 is 49.5. The van der Waals surface area contributed by atoms with E-state index in [0.717, 1.165) is 12.1 Å². The molecule has 1 aromatic rings. The maximum absolute atomic E-state index is 13.1. The van der Waals surface area contributed by atoms with Crippen molar-refractivity contribution >= 4 is 6.08 Å². The van der Waals surface area contributed by atoms with Crippen molar-refractivity contribution in [3.63, 3.8) is 0 Å². The highest BCUT2D eigenvalue weighted by molar-refractivity contribution is 5.50. The average molecular weight is 220 g/mol. The van der Waals surface area contributed by atoms with E-state index in [1.807, 2.05) is 0 Å². The number of rotatable bonds is 2. The first-order chi connectivity index (χ1) is 6.95. The second-order valence-electron chi connectivity index (χ2n) is 2.82. The average Bonchev–Trinajstić information content (AvgIpc) is 2.14. The lowest BCUT2D eigenvalue weighted by Crippen LogP contribution is -2.05. The van der Waals surface area contributed by atoms with Gasteiger partial charge in [0.2, 0.25) is 0 Å². The standard InChI is InChI=1S/C10H8F4O/c11-9-6-8(10(12,13)14)4-3-7(9)2-1-5-15/h1-4,6,15H,5H2/b2-1+. The van der Waals surface area contributed by atoms with Crippen molar-refractivity contribution in [2.45, 2.75) is 6.18 Å². The van der Waals surface area contributed by atoms with Crippen LogP contribution >= 0.6 is 0 Å². The molecule has 0 radical (unpaired) electrons. The van der Waals surface area contributed by atoms with Crippen molar-refractivity contribution in [1.82, 2.24) is 0 Å². The van der Waals surface area contributed by atoms with E-state index in [2.05, 4.69) is 0 Å². The maximum atomic E-state index is 13.1. The largest absolute Gasteiger partial charge is 0.416 e. The summed E-state index contributed by atoms with van der Waals surface area (Å²) in [6.07, 6.45) is -2.08. The minimum atomic E-state index is -4.54. The Labute approximate surface area is 83.7 Å². The molecule has 0 bridgehead atoms. The van der Waals surface area contributed by atoms with E-state index < -0.39 is 17.6 Å². The smallest absolute Gasteiger partial charge is 0.392 e. The third kappa shape index (κ3) is 3.06. The second-order valence-corrected chi connectivity index (χ2v) is 2.82. The molecule has 0 aliphatic heterocycles. The first kappa shape index (κ1) is 11.7. The molecule has 0 heterocycles. The minimum Gasteiger partial charge on any atom is -0.392 e. The van der Waals surface area contributed by atoms with E-state index in [1.54, 1.807) is 0 Å². The van der Waals surface area contributed by atoms with Crippen molar-refractivity contribution in [2.24, 2.45) is 0 Å². The van der Waals surface area contributed by atoms with Gasteiger partial charge in [-0.2, -0.15) is 13.2 Å². The van der Waals surface area contributed by atoms with Gasteiger partial charge in [-0.25, -0.2) is 4.39 Å². The van der Waals surface area contributed by atoms with Crippen LogP contribution in [0.1, 0.15) is 11.1 Å². The molecule has 1 rings (SSSR count). The lowest BCUT2D eigenvalue weighted by Gasteiger charge is -2.07. The number of aliphatic hydroxyl groups excluding tert-OH is 1. The molecule has 1 N–H and O–H groups in total. The van der Waals surface area contributed by atoms with Crippen LogP contribution in [0, 0.1) is 5.82 Å². The highest BCUT2D eigenvalue weighted by Crippen LogP contribution is 2.30. The Kier molecular flexibility index (Phi) is 3.47. The third-order valence-electron chi connectivity index (χ3n) is 1.73. The van der Waals surface area contributed by atoms with Crippen LogP contribution in [0.25, 0.3) is 6.08 Å². The molecule has 0 fully saturated rings. The molecule has 0 spiro atoms. The molecule has 0 saturated heterocycles. The van der Waals surface area contributed by atoms with Gasteiger partial charge in [-0.15, -0.1) is 0 Å². The molecule has 1 nitrogen and oxygen atoms in total. The fraction of sp³-hybridized carbons (Fsp3) is 0.200. The summed E-state index contributed by atoms with van der Waals surface area (Å²) >= 11 is 0. The van der Waals surface area contributed by atoms with Crippen LogP contribution in [0.15, 0.2) is 24.3 Å². The predicted octanol–water partition coefficient (Wildman–Crippen LogP) is 2.85. The number of hydrogen-bond donors (Lipinski definition) is 1. The molecule has 15 heavy (non-hydrogen) atoms. The van der Waals surface area contributed by atoms with Crippen LogP contribution in [0.5, 0.6) is 0 Å². The highest BCUT2D eigenvalue weighted by Gasteiger charge is 2.30. The van der Waals surface area contributed by atoms with E-state index in [1.165, 1.54) is 12.2 Å². The number of hydrogen-bond acceptors (Lipinski definition) is 1. The Hall–Kier alpha value is -1.36. The van der Waals surface area contributed by atoms with Crippen molar-refractivity contribution in [1.29, 1.82) is 0 Å². The molecule has 0 unspecified atom stereocenters. The van der Waals surface area contributed by atoms with Crippen molar-refractivity contribution in [2.75, 3.05) is 6.61 Å². The summed E-state index contributed by atoms with van der Waals surface area (Å²) in [4.78, 5) is 0. The van der Waals surface area contributed by atoms with E-state index in [4.69, 9.17) is 5.11 Å². The second kappa shape index (κ2) is 4.44. The quantitative estimate of drug-likeness (QED) is 0.760. The monoisotopic (exact) mass is 220 g/mol. The van der Waals surface area contributed by atoms with Crippen molar-refractivity contribution in [3.05, 3.63) is 41.2 Å². The summed E-state index contributed by atoms with van der Waals surface area (Å²) in [5.41, 5.74) is -1.02. The topological polar surface area (TPSA) is 20.2 Å². The van der Waals surface area contributed by atoms with Crippen LogP contribution in [0.2, 0.25) is 0 Å². The van der Waals surface area contributed by atoms with Gasteiger partial charge in [0.15, 0.2) is 0 Å². The van der Waals surface area contributed by atoms with Crippen LogP contribution in [-0.2, 0) is 6.18 Å². The zero-order valence-corrected chi connectivity index (χ0v) is 7.55. The summed E-state index contributed by atoms with van der Waals surface area (Å²) in [5.74, 6) is -0.963. The number of alkyl halides is 3. The minimum absolute atomic E-state index is 0.0112. The molecule has 0 amide bonds. The van der Waals surface area contributed by atoms with Gasteiger partial charge in [0.1, 0.15) is 5.82 Å². The maximum Gasteiger partial charge on any atom is 0.416 e. The molecule has 0 atom stereocenters. The molecule has 5 heteroatoms. The van der Waals surface area contributed by atoms with Gasteiger partial charge >= 0.3 is 6.18 Å². The van der Waals surface area contributed by atoms with Crippen molar-refractivity contribution < 1.29 is 22.7 Å². The summed E-state index contributed by atoms with van der Waals surface area (Å²) in [7, 11) is 0. The summed E-state index contributed by atoms with van der Waals surface area (Å²) in [5, 5.41) is 8.41. The molecule has 0 aromatic heterocycles. The lowest BCUT2D eigenvalue weighted by atomic mass is 10.1. The lowest BCUT2D eigenvalue weighted by molar-refractivity contribution is -0.137. The molecule has 0 aliphatic carbocycles. The SMILES string of the molecule is OC/C=C/c1ccc(C(F)(F)F)cc1F. The Morgan fingerprint density at radius 1 is 1.27 bits per heavy atom. The van der Waals surface area contributed by atoms with E-state index >= 15 is 0 Å². The van der Waals surface area contributed by atoms with E-state index in [9.17, 15) is 17.6 Å². The molecule has 1 aromatic carbocycles. The third-order valence-corrected chi connectivity index (χ3v) is 1.73. The summed E-state index contributed by atoms with van der Waals surface area (Å²) in [6.45, 7) is -0.291. The number of halogens is 4. The molecular weight excluding hydrogens is 212 g/mol. The Balaban J connectivity index is 3.04. The fourth-order valence-electron chi connectivity index (χ4n) is 1.02. The van der Waals surface area contributed by atoms with E-state index in [0.29, 0.717) is 6.07 Å². The Morgan fingerprint density at radius 2 is 1.93 bits per heavy atom.